The third kappa shape index (κ3) is 3.55. The predicted molar refractivity (Wildman–Crippen MR) is 102 cm³/mol. The molecule has 0 saturated carbocycles. The Morgan fingerprint density at radius 3 is 2.41 bits per heavy atom. The van der Waals surface area contributed by atoms with E-state index >= 15 is 0 Å². The summed E-state index contributed by atoms with van der Waals surface area (Å²) in [6, 6.07) is 11.3. The van der Waals surface area contributed by atoms with E-state index in [9.17, 15) is 18.4 Å². The largest absolute Gasteiger partial charge is 0.456 e. The molecule has 0 radical (unpaired) electrons. The molecule has 0 aliphatic carbocycles. The summed E-state index contributed by atoms with van der Waals surface area (Å²) in [5.41, 5.74) is 5.54. The third-order valence-corrected chi connectivity index (χ3v) is 4.26. The molecule has 0 bridgehead atoms. The number of hydrogen-bond acceptors (Lipinski definition) is 4. The maximum absolute atomic E-state index is 13.3. The van der Waals surface area contributed by atoms with Crippen molar-refractivity contribution in [2.45, 2.75) is 0 Å². The van der Waals surface area contributed by atoms with Crippen LogP contribution in [0.4, 0.5) is 8.78 Å². The van der Waals surface area contributed by atoms with Crippen LogP contribution in [0.2, 0.25) is 0 Å². The topological polar surface area (TPSA) is 87.2 Å². The van der Waals surface area contributed by atoms with Crippen LogP contribution in [0.3, 0.4) is 0 Å². The lowest BCUT2D eigenvalue weighted by molar-refractivity contribution is 0.0999. The number of carbonyl (C=O) groups excluding carboxylic acids is 1. The molecule has 29 heavy (non-hydrogen) atoms. The number of amides is 1. The van der Waals surface area contributed by atoms with E-state index in [0.717, 1.165) is 12.3 Å². The van der Waals surface area contributed by atoms with E-state index in [1.54, 1.807) is 16.7 Å². The molecule has 2 N–H and O–H groups in total. The van der Waals surface area contributed by atoms with Crippen LogP contribution in [0.1, 0.15) is 10.4 Å². The molecule has 2 aromatic heterocycles. The van der Waals surface area contributed by atoms with Gasteiger partial charge >= 0.3 is 0 Å². The van der Waals surface area contributed by atoms with Crippen LogP contribution in [0.25, 0.3) is 16.6 Å². The molecule has 4 rings (SSSR count). The fourth-order valence-electron chi connectivity index (χ4n) is 2.95. The number of nitrogens with two attached hydrogens (primary N) is 1. The van der Waals surface area contributed by atoms with Crippen molar-refractivity contribution in [1.82, 2.24) is 9.55 Å². The first kappa shape index (κ1) is 18.3. The second-order valence-electron chi connectivity index (χ2n) is 6.20. The Labute approximate surface area is 162 Å². The van der Waals surface area contributed by atoms with Gasteiger partial charge in [0.05, 0.1) is 23.3 Å². The maximum atomic E-state index is 13.3. The van der Waals surface area contributed by atoms with Gasteiger partial charge in [-0.3, -0.25) is 14.6 Å². The quantitative estimate of drug-likeness (QED) is 0.574. The first-order valence-corrected chi connectivity index (χ1v) is 8.46. The van der Waals surface area contributed by atoms with Crippen LogP contribution in [0.15, 0.2) is 71.9 Å². The van der Waals surface area contributed by atoms with Crippen LogP contribution in [0, 0.1) is 11.6 Å². The molecular weight excluding hydrogens is 380 g/mol. The van der Waals surface area contributed by atoms with Crippen molar-refractivity contribution >= 4 is 16.8 Å². The summed E-state index contributed by atoms with van der Waals surface area (Å²) >= 11 is 0. The minimum Gasteiger partial charge on any atom is -0.456 e. The molecule has 4 aromatic rings. The van der Waals surface area contributed by atoms with Crippen LogP contribution >= 0.6 is 0 Å². The van der Waals surface area contributed by atoms with Gasteiger partial charge in [0.1, 0.15) is 28.7 Å². The van der Waals surface area contributed by atoms with E-state index < -0.39 is 23.0 Å². The first-order valence-electron chi connectivity index (χ1n) is 8.46. The number of carbonyl (C=O) groups is 1. The first-order chi connectivity index (χ1) is 13.9. The molecule has 0 unspecified atom stereocenters. The number of rotatable bonds is 4. The summed E-state index contributed by atoms with van der Waals surface area (Å²) in [7, 11) is 0. The highest BCUT2D eigenvalue weighted by Crippen LogP contribution is 2.26. The van der Waals surface area contributed by atoms with Gasteiger partial charge in [-0.1, -0.05) is 0 Å². The number of ether oxygens (including phenoxy) is 1. The van der Waals surface area contributed by atoms with Crippen molar-refractivity contribution in [2.24, 2.45) is 5.73 Å². The lowest BCUT2D eigenvalue weighted by Gasteiger charge is -2.14. The predicted octanol–water partition coefficient (Wildman–Crippen LogP) is 3.56. The number of halogens is 2. The number of hydrogen-bond donors (Lipinski definition) is 1. The Morgan fingerprint density at radius 2 is 1.72 bits per heavy atom. The molecule has 8 heteroatoms. The van der Waals surface area contributed by atoms with Crippen molar-refractivity contribution < 1.29 is 18.3 Å². The summed E-state index contributed by atoms with van der Waals surface area (Å²) in [4.78, 5) is 28.2. The highest BCUT2D eigenvalue weighted by Gasteiger charge is 2.15. The van der Waals surface area contributed by atoms with Crippen molar-refractivity contribution in [3.05, 3.63) is 94.5 Å². The standard InChI is InChI=1S/C21H13F2N3O3/c22-12-1-3-14(4-2-12)26-11-18(21(24)28)20(27)17-8-15(5-6-19(17)26)29-16-7-13(23)9-25-10-16/h1-11H,(H2,24,28). The summed E-state index contributed by atoms with van der Waals surface area (Å²) in [6.45, 7) is 0. The zero-order chi connectivity index (χ0) is 20.5. The molecule has 0 saturated heterocycles. The Morgan fingerprint density at radius 1 is 0.966 bits per heavy atom. The van der Waals surface area contributed by atoms with Gasteiger partial charge in [-0.15, -0.1) is 0 Å². The van der Waals surface area contributed by atoms with Crippen LogP contribution in [0.5, 0.6) is 11.5 Å². The highest BCUT2D eigenvalue weighted by molar-refractivity contribution is 5.97. The van der Waals surface area contributed by atoms with E-state index in [4.69, 9.17) is 10.5 Å². The molecule has 0 atom stereocenters. The fraction of sp³-hybridized carbons (Fsp3) is 0. The molecular formula is C21H13F2N3O3. The molecule has 0 fully saturated rings. The number of benzene rings is 2. The summed E-state index contributed by atoms with van der Waals surface area (Å²) in [6.07, 6.45) is 3.68. The van der Waals surface area contributed by atoms with Crippen molar-refractivity contribution in [2.75, 3.05) is 0 Å². The summed E-state index contributed by atoms with van der Waals surface area (Å²) in [5.74, 6) is -1.50. The van der Waals surface area contributed by atoms with Crippen molar-refractivity contribution in [1.29, 1.82) is 0 Å². The molecule has 6 nitrogen and oxygen atoms in total. The normalized spacial score (nSPS) is 10.8. The molecule has 144 valence electrons. The highest BCUT2D eigenvalue weighted by atomic mass is 19.1. The Hall–Kier alpha value is -4.07. The molecule has 0 aliphatic heterocycles. The number of primary amides is 1. The van der Waals surface area contributed by atoms with E-state index in [1.807, 2.05) is 0 Å². The van der Waals surface area contributed by atoms with Crippen LogP contribution in [-0.4, -0.2) is 15.5 Å². The number of nitrogens with zero attached hydrogens (tertiary/aromatic N) is 2. The van der Waals surface area contributed by atoms with Gasteiger partial charge in [0.2, 0.25) is 5.43 Å². The smallest absolute Gasteiger partial charge is 0.254 e. The average molecular weight is 393 g/mol. The SMILES string of the molecule is NC(=O)c1cn(-c2ccc(F)cc2)c2ccc(Oc3cncc(F)c3)cc2c1=O. The van der Waals surface area contributed by atoms with Gasteiger partial charge in [0, 0.05) is 18.0 Å². The molecule has 2 heterocycles. The molecule has 0 aliphatic rings. The third-order valence-electron chi connectivity index (χ3n) is 4.26. The second kappa shape index (κ2) is 7.16. The second-order valence-corrected chi connectivity index (χ2v) is 6.20. The number of fused-ring (bicyclic) bond motifs is 1. The lowest BCUT2D eigenvalue weighted by Crippen LogP contribution is -2.23. The van der Waals surface area contributed by atoms with Gasteiger partial charge in [0.25, 0.3) is 5.91 Å². The van der Waals surface area contributed by atoms with Crippen molar-refractivity contribution in [3.63, 3.8) is 0 Å². The van der Waals surface area contributed by atoms with E-state index in [-0.39, 0.29) is 22.4 Å². The maximum Gasteiger partial charge on any atom is 0.254 e. The van der Waals surface area contributed by atoms with E-state index in [1.165, 1.54) is 42.7 Å². The summed E-state index contributed by atoms with van der Waals surface area (Å²) < 4.78 is 33.7. The molecule has 2 aromatic carbocycles. The van der Waals surface area contributed by atoms with Crippen LogP contribution < -0.4 is 15.9 Å². The van der Waals surface area contributed by atoms with Crippen LogP contribution in [-0.2, 0) is 0 Å². The molecule has 0 spiro atoms. The fourth-order valence-corrected chi connectivity index (χ4v) is 2.95. The van der Waals surface area contributed by atoms with Gasteiger partial charge in [-0.2, -0.15) is 0 Å². The minimum atomic E-state index is -0.895. The minimum absolute atomic E-state index is 0.147. The van der Waals surface area contributed by atoms with E-state index in [2.05, 4.69) is 4.98 Å². The monoisotopic (exact) mass is 393 g/mol. The van der Waals surface area contributed by atoms with Gasteiger partial charge in [-0.25, -0.2) is 8.78 Å². The summed E-state index contributed by atoms with van der Waals surface area (Å²) in [5, 5.41) is 0.160. The Balaban J connectivity index is 1.91. The van der Waals surface area contributed by atoms with Gasteiger partial charge in [0.15, 0.2) is 0 Å². The van der Waals surface area contributed by atoms with Crippen molar-refractivity contribution in [3.8, 4) is 17.2 Å². The Bertz CT molecular complexity index is 1300. The Kier molecular flexibility index (Phi) is 4.52. The molecule has 1 amide bonds. The van der Waals surface area contributed by atoms with E-state index in [0.29, 0.717) is 11.2 Å². The zero-order valence-electron chi connectivity index (χ0n) is 14.8. The van der Waals surface area contributed by atoms with Gasteiger partial charge in [-0.05, 0) is 42.5 Å². The van der Waals surface area contributed by atoms with Gasteiger partial charge < -0.3 is 15.0 Å². The number of aromatic nitrogens is 2. The lowest BCUT2D eigenvalue weighted by atomic mass is 10.1. The zero-order valence-corrected chi connectivity index (χ0v) is 14.8. The average Bonchev–Trinajstić information content (AvgIpc) is 2.69. The number of pyridine rings is 2.